The van der Waals surface area contributed by atoms with Gasteiger partial charge < -0.3 is 15.4 Å². The molecule has 0 aromatic heterocycles. The predicted molar refractivity (Wildman–Crippen MR) is 83.4 cm³/mol. The molecule has 5 nitrogen and oxygen atoms in total. The zero-order valence-corrected chi connectivity index (χ0v) is 12.9. The number of methoxy groups -OCH3 is 1. The van der Waals surface area contributed by atoms with E-state index >= 15 is 0 Å². The van der Waals surface area contributed by atoms with Crippen LogP contribution in [0.3, 0.4) is 0 Å². The van der Waals surface area contributed by atoms with Gasteiger partial charge in [0.05, 0.1) is 13.7 Å². The zero-order chi connectivity index (χ0) is 15.1. The molecule has 116 valence electrons. The number of nitrogens with one attached hydrogen (secondary N) is 2. The van der Waals surface area contributed by atoms with Gasteiger partial charge in [-0.05, 0) is 44.1 Å². The lowest BCUT2D eigenvalue weighted by molar-refractivity contribution is -0.122. The van der Waals surface area contributed by atoms with Gasteiger partial charge >= 0.3 is 0 Å². The minimum absolute atomic E-state index is 0.0857. The van der Waals surface area contributed by atoms with Crippen LogP contribution in [0.15, 0.2) is 24.3 Å². The minimum atomic E-state index is 0.0857. The van der Waals surface area contributed by atoms with Gasteiger partial charge in [0.1, 0.15) is 5.75 Å². The van der Waals surface area contributed by atoms with Gasteiger partial charge in [-0.2, -0.15) is 0 Å². The number of ether oxygens (including phenoxy) is 1. The second-order valence-electron chi connectivity index (χ2n) is 5.49. The van der Waals surface area contributed by atoms with Crippen molar-refractivity contribution in [3.05, 3.63) is 29.8 Å². The molecule has 0 spiro atoms. The summed E-state index contributed by atoms with van der Waals surface area (Å²) in [4.78, 5) is 14.2. The Kier molecular flexibility index (Phi) is 6.02. The summed E-state index contributed by atoms with van der Waals surface area (Å²) >= 11 is 0. The largest absolute Gasteiger partial charge is 0.497 e. The molecule has 1 aliphatic heterocycles. The topological polar surface area (TPSA) is 53.6 Å². The summed E-state index contributed by atoms with van der Waals surface area (Å²) in [6, 6.07) is 8.26. The summed E-state index contributed by atoms with van der Waals surface area (Å²) < 4.78 is 5.12. The predicted octanol–water partition coefficient (Wildman–Crippen LogP) is 0.995. The lowest BCUT2D eigenvalue weighted by Gasteiger charge is -2.31. The van der Waals surface area contributed by atoms with E-state index in [0.717, 1.165) is 30.8 Å². The van der Waals surface area contributed by atoms with Crippen LogP contribution in [-0.4, -0.2) is 50.6 Å². The molecule has 1 aromatic rings. The Morgan fingerprint density at radius 2 is 2.14 bits per heavy atom. The fourth-order valence-electron chi connectivity index (χ4n) is 2.64. The number of carbonyl (C=O) groups is 1. The standard InChI is InChI=1S/C16H25N3O2/c1-17-14-4-3-9-19(11-14)12-16(20)18-10-13-5-7-15(21-2)8-6-13/h5-8,14,17H,3-4,9-12H2,1-2H3,(H,18,20). The summed E-state index contributed by atoms with van der Waals surface area (Å²) in [5.41, 5.74) is 1.08. The molecule has 21 heavy (non-hydrogen) atoms. The Hall–Kier alpha value is -1.59. The number of hydrogen-bond acceptors (Lipinski definition) is 4. The molecule has 5 heteroatoms. The molecule has 0 bridgehead atoms. The molecular weight excluding hydrogens is 266 g/mol. The SMILES string of the molecule is CNC1CCCN(CC(=O)NCc2ccc(OC)cc2)C1. The minimum Gasteiger partial charge on any atom is -0.497 e. The Morgan fingerprint density at radius 1 is 1.38 bits per heavy atom. The van der Waals surface area contributed by atoms with E-state index < -0.39 is 0 Å². The highest BCUT2D eigenvalue weighted by Gasteiger charge is 2.19. The van der Waals surface area contributed by atoms with Crippen molar-refractivity contribution in [2.45, 2.75) is 25.4 Å². The molecule has 1 saturated heterocycles. The van der Waals surface area contributed by atoms with Crippen molar-refractivity contribution >= 4 is 5.91 Å². The van der Waals surface area contributed by atoms with E-state index in [9.17, 15) is 4.79 Å². The Balaban J connectivity index is 1.73. The van der Waals surface area contributed by atoms with Crippen LogP contribution >= 0.6 is 0 Å². The van der Waals surface area contributed by atoms with E-state index in [1.807, 2.05) is 31.3 Å². The van der Waals surface area contributed by atoms with Gasteiger partial charge in [0.15, 0.2) is 0 Å². The third-order valence-electron chi connectivity index (χ3n) is 3.93. The summed E-state index contributed by atoms with van der Waals surface area (Å²) in [5, 5.41) is 6.27. The van der Waals surface area contributed by atoms with Crippen LogP contribution in [0.5, 0.6) is 5.75 Å². The van der Waals surface area contributed by atoms with Gasteiger partial charge in [-0.3, -0.25) is 9.69 Å². The maximum absolute atomic E-state index is 12.0. The molecule has 1 amide bonds. The first kappa shape index (κ1) is 15.8. The van der Waals surface area contributed by atoms with Crippen LogP contribution in [0.1, 0.15) is 18.4 Å². The van der Waals surface area contributed by atoms with Gasteiger partial charge in [0.25, 0.3) is 0 Å². The number of amides is 1. The second-order valence-corrected chi connectivity index (χ2v) is 5.49. The lowest BCUT2D eigenvalue weighted by Crippen LogP contribution is -2.47. The van der Waals surface area contributed by atoms with E-state index in [2.05, 4.69) is 15.5 Å². The summed E-state index contributed by atoms with van der Waals surface area (Å²) in [6.07, 6.45) is 2.34. The summed E-state index contributed by atoms with van der Waals surface area (Å²) in [7, 11) is 3.63. The van der Waals surface area contributed by atoms with E-state index in [1.54, 1.807) is 7.11 Å². The highest BCUT2D eigenvalue weighted by Crippen LogP contribution is 2.11. The van der Waals surface area contributed by atoms with Crippen molar-refractivity contribution in [3.8, 4) is 5.75 Å². The van der Waals surface area contributed by atoms with Crippen LogP contribution in [0.4, 0.5) is 0 Å². The number of piperidine rings is 1. The second kappa shape index (κ2) is 8.00. The maximum Gasteiger partial charge on any atom is 0.234 e. The number of rotatable bonds is 6. The molecular formula is C16H25N3O2. The molecule has 1 aliphatic rings. The van der Waals surface area contributed by atoms with Crippen molar-refractivity contribution in [1.29, 1.82) is 0 Å². The molecule has 1 heterocycles. The first-order valence-electron chi connectivity index (χ1n) is 7.50. The van der Waals surface area contributed by atoms with E-state index in [1.165, 1.54) is 6.42 Å². The van der Waals surface area contributed by atoms with Crippen molar-refractivity contribution in [1.82, 2.24) is 15.5 Å². The monoisotopic (exact) mass is 291 g/mol. The molecule has 2 N–H and O–H groups in total. The van der Waals surface area contributed by atoms with Gasteiger partial charge in [-0.15, -0.1) is 0 Å². The lowest BCUT2D eigenvalue weighted by atomic mass is 10.1. The number of likely N-dealkylation sites (tertiary alicyclic amines) is 1. The summed E-state index contributed by atoms with van der Waals surface area (Å²) in [6.45, 7) is 3.00. The maximum atomic E-state index is 12.0. The molecule has 2 rings (SSSR count). The van der Waals surface area contributed by atoms with Crippen LogP contribution < -0.4 is 15.4 Å². The molecule has 1 aromatic carbocycles. The first-order chi connectivity index (χ1) is 10.2. The number of benzene rings is 1. The molecule has 1 atom stereocenters. The van der Waals surface area contributed by atoms with E-state index in [-0.39, 0.29) is 5.91 Å². The van der Waals surface area contributed by atoms with Crippen molar-refractivity contribution in [2.75, 3.05) is 33.8 Å². The molecule has 0 saturated carbocycles. The number of likely N-dealkylation sites (N-methyl/N-ethyl adjacent to an activating group) is 1. The van der Waals surface area contributed by atoms with E-state index in [0.29, 0.717) is 19.1 Å². The molecule has 1 unspecified atom stereocenters. The Bertz CT molecular complexity index is 447. The summed E-state index contributed by atoms with van der Waals surface area (Å²) in [5.74, 6) is 0.916. The van der Waals surface area contributed by atoms with Crippen molar-refractivity contribution < 1.29 is 9.53 Å². The molecule has 1 fully saturated rings. The third-order valence-corrected chi connectivity index (χ3v) is 3.93. The number of hydrogen-bond donors (Lipinski definition) is 2. The zero-order valence-electron chi connectivity index (χ0n) is 12.9. The van der Waals surface area contributed by atoms with Crippen molar-refractivity contribution in [3.63, 3.8) is 0 Å². The van der Waals surface area contributed by atoms with E-state index in [4.69, 9.17) is 4.74 Å². The Labute approximate surface area is 126 Å². The average molecular weight is 291 g/mol. The fourth-order valence-corrected chi connectivity index (χ4v) is 2.64. The smallest absolute Gasteiger partial charge is 0.234 e. The number of carbonyl (C=O) groups excluding carboxylic acids is 1. The fraction of sp³-hybridized carbons (Fsp3) is 0.562. The molecule has 0 radical (unpaired) electrons. The van der Waals surface area contributed by atoms with Crippen molar-refractivity contribution in [2.24, 2.45) is 0 Å². The van der Waals surface area contributed by atoms with Gasteiger partial charge in [-0.25, -0.2) is 0 Å². The van der Waals surface area contributed by atoms with Gasteiger partial charge in [0.2, 0.25) is 5.91 Å². The van der Waals surface area contributed by atoms with Crippen LogP contribution in [0.2, 0.25) is 0 Å². The number of nitrogens with zero attached hydrogens (tertiary/aromatic N) is 1. The first-order valence-corrected chi connectivity index (χ1v) is 7.50. The van der Waals surface area contributed by atoms with Gasteiger partial charge in [0, 0.05) is 19.1 Å². The van der Waals surface area contributed by atoms with Crippen LogP contribution in [0, 0.1) is 0 Å². The highest BCUT2D eigenvalue weighted by molar-refractivity contribution is 5.78. The highest BCUT2D eigenvalue weighted by atomic mass is 16.5. The Morgan fingerprint density at radius 3 is 2.81 bits per heavy atom. The normalized spacial score (nSPS) is 19.2. The molecule has 0 aliphatic carbocycles. The van der Waals surface area contributed by atoms with Gasteiger partial charge in [-0.1, -0.05) is 12.1 Å². The third kappa shape index (κ3) is 5.02. The average Bonchev–Trinajstić information content (AvgIpc) is 2.53. The quantitative estimate of drug-likeness (QED) is 0.821. The van der Waals surface area contributed by atoms with Crippen LogP contribution in [0.25, 0.3) is 0 Å². The van der Waals surface area contributed by atoms with Crippen LogP contribution in [-0.2, 0) is 11.3 Å².